The monoisotopic (exact) mass is 343 g/mol. The van der Waals surface area contributed by atoms with Crippen LogP contribution in [0.2, 0.25) is 10.0 Å². The standard InChI is InChI=1S/C13H11Cl2N3O2S/c1-7-2-3-8(14)12(11(7)15)17-10(20)6-21-13-16-5-4-9(19)18-13/h2-5H,6H2,1H3,(H,17,20)(H,16,18,19). The quantitative estimate of drug-likeness (QED) is 0.660. The Morgan fingerprint density at radius 2 is 2.14 bits per heavy atom. The first-order valence-corrected chi connectivity index (χ1v) is 7.64. The lowest BCUT2D eigenvalue weighted by atomic mass is 10.2. The Hall–Kier alpha value is -1.50. The number of H-pyrrole nitrogens is 1. The van der Waals surface area contributed by atoms with E-state index in [1.807, 2.05) is 6.92 Å². The highest BCUT2D eigenvalue weighted by atomic mass is 35.5. The Balaban J connectivity index is 2.03. The molecule has 1 aromatic carbocycles. The van der Waals surface area contributed by atoms with E-state index in [1.54, 1.807) is 12.1 Å². The summed E-state index contributed by atoms with van der Waals surface area (Å²) in [5, 5.41) is 3.81. The number of thioether (sulfide) groups is 1. The molecule has 0 bridgehead atoms. The molecule has 0 saturated heterocycles. The molecule has 0 aliphatic rings. The smallest absolute Gasteiger partial charge is 0.251 e. The van der Waals surface area contributed by atoms with Gasteiger partial charge in [0.05, 0.1) is 21.5 Å². The van der Waals surface area contributed by atoms with E-state index in [0.717, 1.165) is 17.3 Å². The van der Waals surface area contributed by atoms with Gasteiger partial charge in [0.15, 0.2) is 5.16 Å². The summed E-state index contributed by atoms with van der Waals surface area (Å²) in [6, 6.07) is 4.74. The van der Waals surface area contributed by atoms with Gasteiger partial charge in [0.1, 0.15) is 0 Å². The number of rotatable bonds is 4. The van der Waals surface area contributed by atoms with Gasteiger partial charge in [-0.15, -0.1) is 0 Å². The molecule has 0 unspecified atom stereocenters. The van der Waals surface area contributed by atoms with Crippen LogP contribution in [0.3, 0.4) is 0 Å². The molecule has 0 fully saturated rings. The van der Waals surface area contributed by atoms with Gasteiger partial charge in [-0.25, -0.2) is 4.98 Å². The van der Waals surface area contributed by atoms with E-state index in [9.17, 15) is 9.59 Å². The van der Waals surface area contributed by atoms with Crippen LogP contribution in [0.1, 0.15) is 5.56 Å². The number of nitrogens with one attached hydrogen (secondary N) is 2. The number of aryl methyl sites for hydroxylation is 1. The molecule has 8 heteroatoms. The van der Waals surface area contributed by atoms with Crippen molar-refractivity contribution >= 4 is 46.6 Å². The van der Waals surface area contributed by atoms with Gasteiger partial charge in [0.25, 0.3) is 5.56 Å². The Morgan fingerprint density at radius 1 is 1.38 bits per heavy atom. The number of aromatic amines is 1. The minimum atomic E-state index is -0.291. The van der Waals surface area contributed by atoms with E-state index < -0.39 is 0 Å². The summed E-state index contributed by atoms with van der Waals surface area (Å²) in [5.41, 5.74) is 0.939. The highest BCUT2D eigenvalue weighted by Gasteiger charge is 2.12. The summed E-state index contributed by atoms with van der Waals surface area (Å²) < 4.78 is 0. The third-order valence-corrected chi connectivity index (χ3v) is 4.23. The van der Waals surface area contributed by atoms with E-state index >= 15 is 0 Å². The molecule has 5 nitrogen and oxygen atoms in total. The van der Waals surface area contributed by atoms with Crippen molar-refractivity contribution in [1.29, 1.82) is 0 Å². The summed E-state index contributed by atoms with van der Waals surface area (Å²) in [4.78, 5) is 29.5. The van der Waals surface area contributed by atoms with Crippen molar-refractivity contribution < 1.29 is 4.79 Å². The Labute approximate surface area is 135 Å². The molecule has 2 aromatic rings. The predicted molar refractivity (Wildman–Crippen MR) is 85.4 cm³/mol. The molecule has 0 atom stereocenters. The van der Waals surface area contributed by atoms with Crippen molar-refractivity contribution in [2.24, 2.45) is 0 Å². The average molecular weight is 344 g/mol. The van der Waals surface area contributed by atoms with Crippen molar-refractivity contribution in [3.05, 3.63) is 50.4 Å². The number of amides is 1. The maximum absolute atomic E-state index is 11.9. The van der Waals surface area contributed by atoms with Crippen LogP contribution in [0.15, 0.2) is 34.3 Å². The lowest BCUT2D eigenvalue weighted by Crippen LogP contribution is -2.16. The molecule has 0 saturated carbocycles. The van der Waals surface area contributed by atoms with Gasteiger partial charge in [0, 0.05) is 12.3 Å². The second-order valence-corrected chi connectivity index (χ2v) is 5.88. The van der Waals surface area contributed by atoms with Crippen LogP contribution in [0.4, 0.5) is 5.69 Å². The SMILES string of the molecule is Cc1ccc(Cl)c(NC(=O)CSc2nccc(=O)[nH]2)c1Cl. The topological polar surface area (TPSA) is 74.8 Å². The Bertz CT molecular complexity index is 734. The van der Waals surface area contributed by atoms with Crippen molar-refractivity contribution in [1.82, 2.24) is 9.97 Å². The zero-order valence-corrected chi connectivity index (χ0v) is 13.3. The van der Waals surface area contributed by atoms with Gasteiger partial charge in [0.2, 0.25) is 5.91 Å². The highest BCUT2D eigenvalue weighted by molar-refractivity contribution is 7.99. The van der Waals surface area contributed by atoms with Crippen LogP contribution in [0, 0.1) is 6.92 Å². The number of anilines is 1. The molecule has 0 spiro atoms. The van der Waals surface area contributed by atoms with Crippen LogP contribution in [0.5, 0.6) is 0 Å². The number of carbonyl (C=O) groups excluding carboxylic acids is 1. The van der Waals surface area contributed by atoms with Crippen molar-refractivity contribution in [3.8, 4) is 0 Å². The number of hydrogen-bond acceptors (Lipinski definition) is 4. The molecule has 110 valence electrons. The van der Waals surface area contributed by atoms with E-state index in [4.69, 9.17) is 23.2 Å². The zero-order chi connectivity index (χ0) is 15.4. The first kappa shape index (κ1) is 15.9. The van der Waals surface area contributed by atoms with E-state index in [2.05, 4.69) is 15.3 Å². The predicted octanol–water partition coefficient (Wildman–Crippen LogP) is 3.12. The van der Waals surface area contributed by atoms with Crippen molar-refractivity contribution in [3.63, 3.8) is 0 Å². The maximum atomic E-state index is 11.9. The first-order chi connectivity index (χ1) is 9.97. The fraction of sp³-hybridized carbons (Fsp3) is 0.154. The Kier molecular flexibility index (Phi) is 5.27. The normalized spacial score (nSPS) is 10.4. The number of benzene rings is 1. The third-order valence-electron chi connectivity index (χ3n) is 2.54. The van der Waals surface area contributed by atoms with Gasteiger partial charge in [-0.1, -0.05) is 41.0 Å². The van der Waals surface area contributed by atoms with Crippen LogP contribution in [-0.4, -0.2) is 21.6 Å². The van der Waals surface area contributed by atoms with Crippen molar-refractivity contribution in [2.45, 2.75) is 12.1 Å². The van der Waals surface area contributed by atoms with E-state index in [-0.39, 0.29) is 17.2 Å². The molecule has 1 aromatic heterocycles. The summed E-state index contributed by atoms with van der Waals surface area (Å²) in [7, 11) is 0. The maximum Gasteiger partial charge on any atom is 0.251 e. The van der Waals surface area contributed by atoms with Crippen LogP contribution >= 0.6 is 35.0 Å². The van der Waals surface area contributed by atoms with Crippen LogP contribution in [-0.2, 0) is 4.79 Å². The van der Waals surface area contributed by atoms with Crippen molar-refractivity contribution in [2.75, 3.05) is 11.1 Å². The van der Waals surface area contributed by atoms with E-state index in [0.29, 0.717) is 20.9 Å². The molecule has 2 rings (SSSR count). The Morgan fingerprint density at radius 3 is 2.86 bits per heavy atom. The average Bonchev–Trinajstić information content (AvgIpc) is 2.46. The molecule has 1 heterocycles. The lowest BCUT2D eigenvalue weighted by molar-refractivity contribution is -0.113. The summed E-state index contributed by atoms with van der Waals surface area (Å²) in [6.07, 6.45) is 1.38. The van der Waals surface area contributed by atoms with Gasteiger partial charge < -0.3 is 10.3 Å². The first-order valence-electron chi connectivity index (χ1n) is 5.90. The van der Waals surface area contributed by atoms with Gasteiger partial charge in [-0.05, 0) is 18.6 Å². The molecule has 21 heavy (non-hydrogen) atoms. The number of carbonyl (C=O) groups is 1. The van der Waals surface area contributed by atoms with Crippen LogP contribution in [0.25, 0.3) is 0 Å². The molecule has 2 N–H and O–H groups in total. The minimum Gasteiger partial charge on any atom is -0.323 e. The molecule has 0 aliphatic heterocycles. The fourth-order valence-corrected chi connectivity index (χ4v) is 2.62. The molecule has 0 radical (unpaired) electrons. The fourth-order valence-electron chi connectivity index (χ4n) is 1.51. The van der Waals surface area contributed by atoms with Gasteiger partial charge >= 0.3 is 0 Å². The lowest BCUT2D eigenvalue weighted by Gasteiger charge is -2.10. The number of halogens is 2. The molecule has 0 aliphatic carbocycles. The van der Waals surface area contributed by atoms with Gasteiger partial charge in [-0.2, -0.15) is 0 Å². The minimum absolute atomic E-state index is 0.0769. The number of nitrogens with zero attached hydrogens (tertiary/aromatic N) is 1. The highest BCUT2D eigenvalue weighted by Crippen LogP contribution is 2.33. The number of hydrogen-bond donors (Lipinski definition) is 2. The molecular weight excluding hydrogens is 333 g/mol. The molecule has 1 amide bonds. The summed E-state index contributed by atoms with van der Waals surface area (Å²) >= 11 is 13.2. The second kappa shape index (κ2) is 6.98. The largest absolute Gasteiger partial charge is 0.323 e. The molecular formula is C13H11Cl2N3O2S. The summed E-state index contributed by atoms with van der Waals surface area (Å²) in [6.45, 7) is 1.82. The second-order valence-electron chi connectivity index (χ2n) is 4.13. The van der Waals surface area contributed by atoms with Crippen LogP contribution < -0.4 is 10.9 Å². The summed E-state index contributed by atoms with van der Waals surface area (Å²) in [5.74, 6) is -0.214. The van der Waals surface area contributed by atoms with E-state index in [1.165, 1.54) is 12.3 Å². The zero-order valence-electron chi connectivity index (χ0n) is 10.9. The number of aromatic nitrogens is 2. The third kappa shape index (κ3) is 4.23. The van der Waals surface area contributed by atoms with Gasteiger partial charge in [-0.3, -0.25) is 9.59 Å².